The first-order valence-corrected chi connectivity index (χ1v) is 14.2. The van der Waals surface area contributed by atoms with Crippen molar-refractivity contribution >= 4 is 28.5 Å². The van der Waals surface area contributed by atoms with E-state index in [1.807, 2.05) is 57.0 Å². The summed E-state index contributed by atoms with van der Waals surface area (Å²) in [6.45, 7) is 6.21. The number of amides is 1. The highest BCUT2D eigenvalue weighted by molar-refractivity contribution is 6.02. The number of nitriles is 2. The number of pyridine rings is 2. The van der Waals surface area contributed by atoms with Gasteiger partial charge in [-0.15, -0.1) is 0 Å². The van der Waals surface area contributed by atoms with Gasteiger partial charge >= 0.3 is 6.09 Å². The molecule has 0 atom stereocenters. The number of hydrogen-bond acceptors (Lipinski definition) is 9. The number of carbonyl (C=O) groups excluding carboxylic acids is 1. The first kappa shape index (κ1) is 31.0. The number of methoxy groups -OCH3 is 1. The zero-order valence-electron chi connectivity index (χ0n) is 25.5. The highest BCUT2D eigenvalue weighted by Crippen LogP contribution is 2.35. The van der Waals surface area contributed by atoms with Gasteiger partial charge in [0.05, 0.1) is 24.0 Å². The number of ether oxygens (including phenoxy) is 1. The molecular formula is C32H37N7O4. The minimum atomic E-state index is -0.487. The summed E-state index contributed by atoms with van der Waals surface area (Å²) in [5.74, 6) is 0.130. The van der Waals surface area contributed by atoms with Crippen LogP contribution in [-0.2, 0) is 23.2 Å². The van der Waals surface area contributed by atoms with E-state index in [0.717, 1.165) is 42.5 Å². The van der Waals surface area contributed by atoms with E-state index in [9.17, 15) is 20.1 Å². The molecule has 1 aromatic carbocycles. The van der Waals surface area contributed by atoms with Crippen molar-refractivity contribution in [2.45, 2.75) is 64.6 Å². The van der Waals surface area contributed by atoms with Crippen LogP contribution in [-0.4, -0.2) is 47.2 Å². The molecule has 2 aromatic heterocycles. The molecule has 1 aliphatic rings. The van der Waals surface area contributed by atoms with Crippen molar-refractivity contribution in [2.24, 2.45) is 18.1 Å². The number of anilines is 1. The van der Waals surface area contributed by atoms with Gasteiger partial charge in [-0.3, -0.25) is 4.79 Å². The van der Waals surface area contributed by atoms with Crippen LogP contribution in [0.5, 0.6) is 0 Å². The summed E-state index contributed by atoms with van der Waals surface area (Å²) >= 11 is 0. The minimum Gasteiger partial charge on any atom is -0.453 e. The molecule has 11 heteroatoms. The van der Waals surface area contributed by atoms with E-state index < -0.39 is 17.3 Å². The summed E-state index contributed by atoms with van der Waals surface area (Å²) in [7, 11) is 4.83. The molecule has 0 saturated heterocycles. The van der Waals surface area contributed by atoms with Gasteiger partial charge in [-0.05, 0) is 69.7 Å². The molecule has 2 heterocycles. The van der Waals surface area contributed by atoms with E-state index >= 15 is 0 Å². The van der Waals surface area contributed by atoms with Crippen molar-refractivity contribution in [3.05, 3.63) is 69.1 Å². The molecule has 0 bridgehead atoms. The van der Waals surface area contributed by atoms with Gasteiger partial charge in [0.15, 0.2) is 0 Å². The standard InChI is InChI=1S/C32H37N7O4/c1-32(2,3)43-37-27(21-9-7-20(8-10-21)19-35-31(41)42-6)22-11-14-24(15-12-22)38(4)29-25(18-34)30(40)39(5)26-16-13-23(17-33)36-28(26)29/h7-10,13,16,22,24H,11-12,14-15,19H2,1-6H3,(H,35,41)/b37-27+. The third kappa shape index (κ3) is 6.95. The fourth-order valence-electron chi connectivity index (χ4n) is 5.41. The van der Waals surface area contributed by atoms with E-state index in [1.54, 1.807) is 19.2 Å². The van der Waals surface area contributed by atoms with Gasteiger partial charge in [0.2, 0.25) is 0 Å². The van der Waals surface area contributed by atoms with Crippen LogP contribution in [0, 0.1) is 28.6 Å². The molecule has 0 radical (unpaired) electrons. The number of carbonyl (C=O) groups is 1. The fraction of sp³-hybridized carbons (Fsp3) is 0.438. The molecule has 1 fully saturated rings. The number of benzene rings is 1. The normalized spacial score (nSPS) is 17.1. The van der Waals surface area contributed by atoms with E-state index in [4.69, 9.17) is 4.84 Å². The largest absolute Gasteiger partial charge is 0.453 e. The number of alkyl carbamates (subject to hydrolysis) is 1. The Hall–Kier alpha value is -4.90. The summed E-state index contributed by atoms with van der Waals surface area (Å²) in [4.78, 5) is 36.9. The first-order chi connectivity index (χ1) is 20.5. The van der Waals surface area contributed by atoms with Crippen LogP contribution >= 0.6 is 0 Å². The molecule has 0 aliphatic heterocycles. The highest BCUT2D eigenvalue weighted by Gasteiger charge is 2.31. The number of hydrogen-bond donors (Lipinski definition) is 1. The molecule has 3 aromatic rings. The maximum Gasteiger partial charge on any atom is 0.407 e. The van der Waals surface area contributed by atoms with Crippen LogP contribution in [0.1, 0.15) is 68.8 Å². The molecule has 1 amide bonds. The van der Waals surface area contributed by atoms with Gasteiger partial charge in [0.1, 0.15) is 34.5 Å². The number of fused-ring (bicyclic) bond motifs is 1. The maximum absolute atomic E-state index is 13.1. The SMILES string of the molecule is COC(=O)NCc1ccc(/C(=N\OC(C)(C)C)C2CCC(N(C)c3c(C#N)c(=O)n(C)c4ccc(C#N)nc34)CC2)cc1. The number of nitrogens with one attached hydrogen (secondary N) is 1. The van der Waals surface area contributed by atoms with Crippen LogP contribution in [0.2, 0.25) is 0 Å². The molecule has 1 aliphatic carbocycles. The van der Waals surface area contributed by atoms with Crippen LogP contribution in [0.4, 0.5) is 10.5 Å². The lowest BCUT2D eigenvalue weighted by Gasteiger charge is -2.37. The predicted molar refractivity (Wildman–Crippen MR) is 164 cm³/mol. The minimum absolute atomic E-state index is 0.0184. The second kappa shape index (κ2) is 13.0. The average Bonchev–Trinajstić information content (AvgIpc) is 3.01. The summed E-state index contributed by atoms with van der Waals surface area (Å²) in [5, 5.41) is 26.8. The van der Waals surface area contributed by atoms with Gasteiger partial charge in [0.25, 0.3) is 5.56 Å². The van der Waals surface area contributed by atoms with Crippen molar-refractivity contribution in [2.75, 3.05) is 19.1 Å². The molecule has 0 unspecified atom stereocenters. The van der Waals surface area contributed by atoms with E-state index in [0.29, 0.717) is 23.3 Å². The summed E-state index contributed by atoms with van der Waals surface area (Å²) in [6.07, 6.45) is 2.72. The Labute approximate surface area is 251 Å². The highest BCUT2D eigenvalue weighted by atomic mass is 16.6. The van der Waals surface area contributed by atoms with Gasteiger partial charge in [-0.2, -0.15) is 10.5 Å². The number of aryl methyl sites for hydroxylation is 1. The lowest BCUT2D eigenvalue weighted by atomic mass is 9.80. The Morgan fingerprint density at radius 1 is 1.12 bits per heavy atom. The lowest BCUT2D eigenvalue weighted by Crippen LogP contribution is -2.39. The molecule has 1 N–H and O–H groups in total. The van der Waals surface area contributed by atoms with Crippen molar-refractivity contribution in [3.63, 3.8) is 0 Å². The van der Waals surface area contributed by atoms with Crippen LogP contribution < -0.4 is 15.8 Å². The zero-order valence-corrected chi connectivity index (χ0v) is 25.5. The molecule has 4 rings (SSSR count). The topological polar surface area (TPSA) is 146 Å². The van der Waals surface area contributed by atoms with Crippen LogP contribution in [0.3, 0.4) is 0 Å². The summed E-state index contributed by atoms with van der Waals surface area (Å²) < 4.78 is 6.06. The smallest absolute Gasteiger partial charge is 0.407 e. The molecule has 43 heavy (non-hydrogen) atoms. The molecular weight excluding hydrogens is 546 g/mol. The average molecular weight is 584 g/mol. The van der Waals surface area contributed by atoms with Crippen molar-refractivity contribution in [1.29, 1.82) is 10.5 Å². The van der Waals surface area contributed by atoms with E-state index in [1.165, 1.54) is 11.7 Å². The third-order valence-corrected chi connectivity index (χ3v) is 7.71. The Morgan fingerprint density at radius 3 is 2.37 bits per heavy atom. The van der Waals surface area contributed by atoms with E-state index in [-0.39, 0.29) is 23.2 Å². The number of oxime groups is 1. The van der Waals surface area contributed by atoms with Crippen LogP contribution in [0.25, 0.3) is 11.0 Å². The molecule has 1 saturated carbocycles. The van der Waals surface area contributed by atoms with Gasteiger partial charge in [0, 0.05) is 32.6 Å². The summed E-state index contributed by atoms with van der Waals surface area (Å²) in [6, 6.07) is 15.3. The maximum atomic E-state index is 13.1. The lowest BCUT2D eigenvalue weighted by molar-refractivity contribution is -0.0000307. The second-order valence-electron chi connectivity index (χ2n) is 11.7. The van der Waals surface area contributed by atoms with E-state index in [2.05, 4.69) is 32.3 Å². The number of rotatable bonds is 7. The molecule has 224 valence electrons. The van der Waals surface area contributed by atoms with Gasteiger partial charge < -0.3 is 24.4 Å². The molecule has 11 nitrogen and oxygen atoms in total. The van der Waals surface area contributed by atoms with Crippen molar-refractivity contribution in [3.8, 4) is 12.1 Å². The fourth-order valence-corrected chi connectivity index (χ4v) is 5.41. The first-order valence-electron chi connectivity index (χ1n) is 14.2. The Morgan fingerprint density at radius 2 is 1.79 bits per heavy atom. The predicted octanol–water partition coefficient (Wildman–Crippen LogP) is 4.75. The Bertz CT molecular complexity index is 1670. The zero-order chi connectivity index (χ0) is 31.3. The van der Waals surface area contributed by atoms with Gasteiger partial charge in [-0.1, -0.05) is 29.4 Å². The number of nitrogens with zero attached hydrogens (tertiary/aromatic N) is 6. The summed E-state index contributed by atoms with van der Waals surface area (Å²) in [5.41, 5.74) is 3.61. The third-order valence-electron chi connectivity index (χ3n) is 7.71. The van der Waals surface area contributed by atoms with Crippen molar-refractivity contribution < 1.29 is 14.4 Å². The molecule has 0 spiro atoms. The Kier molecular flexibility index (Phi) is 9.35. The second-order valence-corrected chi connectivity index (χ2v) is 11.7. The Balaban J connectivity index is 1.60. The number of aromatic nitrogens is 2. The monoisotopic (exact) mass is 583 g/mol. The van der Waals surface area contributed by atoms with Crippen LogP contribution in [0.15, 0.2) is 46.3 Å². The quantitative estimate of drug-likeness (QED) is 0.310. The van der Waals surface area contributed by atoms with Gasteiger partial charge in [-0.25, -0.2) is 9.78 Å². The van der Waals surface area contributed by atoms with Crippen molar-refractivity contribution in [1.82, 2.24) is 14.9 Å².